The normalized spacial score (nSPS) is 12.9. The zero-order chi connectivity index (χ0) is 8.97. The third-order valence-electron chi connectivity index (χ3n) is 2.18. The molecule has 0 amide bonds. The van der Waals surface area contributed by atoms with E-state index in [1.165, 1.54) is 5.56 Å². The molecule has 0 fully saturated rings. The van der Waals surface area contributed by atoms with Gasteiger partial charge in [0, 0.05) is 6.20 Å². The van der Waals surface area contributed by atoms with Crippen molar-refractivity contribution in [3.05, 3.63) is 29.6 Å². The van der Waals surface area contributed by atoms with E-state index in [0.29, 0.717) is 5.92 Å². The van der Waals surface area contributed by atoms with Gasteiger partial charge in [-0.05, 0) is 30.0 Å². The molecule has 0 aliphatic carbocycles. The fraction of sp³-hybridized carbons (Fsp3) is 0.500. The molecule has 0 saturated heterocycles. The van der Waals surface area contributed by atoms with Crippen LogP contribution in [0.25, 0.3) is 0 Å². The smallest absolute Gasteiger partial charge is 0.0853 e. The first kappa shape index (κ1) is 9.20. The molecule has 0 aliphatic rings. The third-order valence-corrected chi connectivity index (χ3v) is 2.18. The maximum atomic E-state index is 8.85. The van der Waals surface area contributed by atoms with E-state index in [2.05, 4.69) is 18.8 Å². The summed E-state index contributed by atoms with van der Waals surface area (Å²) in [5.74, 6) is 0.554. The maximum Gasteiger partial charge on any atom is 0.0853 e. The lowest BCUT2D eigenvalue weighted by molar-refractivity contribution is 0.276. The van der Waals surface area contributed by atoms with Gasteiger partial charge in [0.2, 0.25) is 0 Å². The highest BCUT2D eigenvalue weighted by Crippen LogP contribution is 2.18. The van der Waals surface area contributed by atoms with E-state index in [1.54, 1.807) is 6.20 Å². The number of aromatic nitrogens is 1. The molecular weight excluding hydrogens is 150 g/mol. The van der Waals surface area contributed by atoms with Crippen LogP contribution in [0, 0.1) is 0 Å². The number of aliphatic hydroxyl groups is 1. The SMILES string of the molecule is CCC(C)c1ccnc(CO)c1. The highest BCUT2D eigenvalue weighted by Gasteiger charge is 2.02. The lowest BCUT2D eigenvalue weighted by Gasteiger charge is -2.08. The summed E-state index contributed by atoms with van der Waals surface area (Å²) in [6, 6.07) is 3.97. The second kappa shape index (κ2) is 4.21. The number of pyridine rings is 1. The highest BCUT2D eigenvalue weighted by atomic mass is 16.3. The summed E-state index contributed by atoms with van der Waals surface area (Å²) in [7, 11) is 0. The quantitative estimate of drug-likeness (QED) is 0.744. The summed E-state index contributed by atoms with van der Waals surface area (Å²) in [6.45, 7) is 4.37. The first-order valence-electron chi connectivity index (χ1n) is 4.33. The fourth-order valence-corrected chi connectivity index (χ4v) is 1.13. The Bertz CT molecular complexity index is 247. The zero-order valence-corrected chi connectivity index (χ0v) is 7.62. The van der Waals surface area contributed by atoms with Crippen molar-refractivity contribution in [2.75, 3.05) is 0 Å². The number of hydrogen-bond donors (Lipinski definition) is 1. The zero-order valence-electron chi connectivity index (χ0n) is 7.62. The average molecular weight is 165 g/mol. The number of rotatable bonds is 3. The number of aliphatic hydroxyl groups excluding tert-OH is 1. The lowest BCUT2D eigenvalue weighted by Crippen LogP contribution is -1.95. The highest BCUT2D eigenvalue weighted by molar-refractivity contribution is 5.19. The Morgan fingerprint density at radius 3 is 2.92 bits per heavy atom. The van der Waals surface area contributed by atoms with Gasteiger partial charge in [-0.25, -0.2) is 0 Å². The van der Waals surface area contributed by atoms with E-state index in [9.17, 15) is 0 Å². The minimum absolute atomic E-state index is 0.0320. The summed E-state index contributed by atoms with van der Waals surface area (Å²) in [5, 5.41) is 8.85. The Balaban J connectivity index is 2.86. The second-order valence-corrected chi connectivity index (χ2v) is 3.05. The van der Waals surface area contributed by atoms with Crippen LogP contribution in [0.3, 0.4) is 0 Å². The second-order valence-electron chi connectivity index (χ2n) is 3.05. The van der Waals surface area contributed by atoms with Gasteiger partial charge in [-0.3, -0.25) is 4.98 Å². The van der Waals surface area contributed by atoms with Crippen molar-refractivity contribution >= 4 is 0 Å². The minimum Gasteiger partial charge on any atom is -0.390 e. The number of nitrogens with zero attached hydrogens (tertiary/aromatic N) is 1. The molecule has 0 saturated carbocycles. The molecule has 0 radical (unpaired) electrons. The van der Waals surface area contributed by atoms with Gasteiger partial charge >= 0.3 is 0 Å². The van der Waals surface area contributed by atoms with Gasteiger partial charge in [0.05, 0.1) is 12.3 Å². The molecular formula is C10H15NO. The van der Waals surface area contributed by atoms with E-state index in [1.807, 2.05) is 12.1 Å². The Labute approximate surface area is 73.3 Å². The molecule has 2 nitrogen and oxygen atoms in total. The summed E-state index contributed by atoms with van der Waals surface area (Å²) in [5.41, 5.74) is 2.02. The Morgan fingerprint density at radius 2 is 2.33 bits per heavy atom. The lowest BCUT2D eigenvalue weighted by atomic mass is 9.99. The van der Waals surface area contributed by atoms with E-state index in [0.717, 1.165) is 12.1 Å². The number of hydrogen-bond acceptors (Lipinski definition) is 2. The van der Waals surface area contributed by atoms with Crippen LogP contribution in [-0.2, 0) is 6.61 Å². The van der Waals surface area contributed by atoms with E-state index < -0.39 is 0 Å². The summed E-state index contributed by atoms with van der Waals surface area (Å²) < 4.78 is 0. The largest absolute Gasteiger partial charge is 0.390 e. The predicted octanol–water partition coefficient (Wildman–Crippen LogP) is 2.09. The molecule has 0 spiro atoms. The molecule has 1 heterocycles. The predicted molar refractivity (Wildman–Crippen MR) is 48.9 cm³/mol. The van der Waals surface area contributed by atoms with Crippen molar-refractivity contribution < 1.29 is 5.11 Å². The topological polar surface area (TPSA) is 33.1 Å². The van der Waals surface area contributed by atoms with Crippen molar-refractivity contribution in [3.8, 4) is 0 Å². The van der Waals surface area contributed by atoms with Crippen LogP contribution in [0.4, 0.5) is 0 Å². The Morgan fingerprint density at radius 1 is 1.58 bits per heavy atom. The molecule has 0 bridgehead atoms. The molecule has 1 aromatic heterocycles. The standard InChI is InChI=1S/C10H15NO/c1-3-8(2)9-4-5-11-10(6-9)7-12/h4-6,8,12H,3,7H2,1-2H3. The van der Waals surface area contributed by atoms with Gasteiger partial charge in [-0.1, -0.05) is 13.8 Å². The summed E-state index contributed by atoms with van der Waals surface area (Å²) in [6.07, 6.45) is 2.88. The van der Waals surface area contributed by atoms with E-state index in [-0.39, 0.29) is 6.61 Å². The third kappa shape index (κ3) is 2.05. The van der Waals surface area contributed by atoms with Crippen LogP contribution >= 0.6 is 0 Å². The van der Waals surface area contributed by atoms with Crippen molar-refractivity contribution in [2.45, 2.75) is 32.8 Å². The van der Waals surface area contributed by atoms with Gasteiger partial charge in [-0.2, -0.15) is 0 Å². The van der Waals surface area contributed by atoms with Crippen molar-refractivity contribution in [1.82, 2.24) is 4.98 Å². The van der Waals surface area contributed by atoms with Crippen LogP contribution < -0.4 is 0 Å². The molecule has 1 atom stereocenters. The van der Waals surface area contributed by atoms with Crippen LogP contribution in [0.5, 0.6) is 0 Å². The molecule has 1 unspecified atom stereocenters. The van der Waals surface area contributed by atoms with Crippen LogP contribution in [-0.4, -0.2) is 10.1 Å². The molecule has 1 N–H and O–H groups in total. The first-order chi connectivity index (χ1) is 5.77. The maximum absolute atomic E-state index is 8.85. The molecule has 2 heteroatoms. The molecule has 66 valence electrons. The Kier molecular flexibility index (Phi) is 3.23. The first-order valence-corrected chi connectivity index (χ1v) is 4.33. The summed E-state index contributed by atoms with van der Waals surface area (Å²) in [4.78, 5) is 4.02. The molecule has 0 aromatic carbocycles. The molecule has 0 aliphatic heterocycles. The average Bonchev–Trinajstić information content (AvgIpc) is 2.17. The minimum atomic E-state index is 0.0320. The Hall–Kier alpha value is -0.890. The van der Waals surface area contributed by atoms with E-state index in [4.69, 9.17) is 5.11 Å². The summed E-state index contributed by atoms with van der Waals surface area (Å²) >= 11 is 0. The fourth-order valence-electron chi connectivity index (χ4n) is 1.13. The van der Waals surface area contributed by atoms with Gasteiger partial charge in [-0.15, -0.1) is 0 Å². The monoisotopic (exact) mass is 165 g/mol. The van der Waals surface area contributed by atoms with Crippen molar-refractivity contribution in [2.24, 2.45) is 0 Å². The van der Waals surface area contributed by atoms with Crippen molar-refractivity contribution in [3.63, 3.8) is 0 Å². The van der Waals surface area contributed by atoms with E-state index >= 15 is 0 Å². The van der Waals surface area contributed by atoms with Crippen LogP contribution in [0.15, 0.2) is 18.3 Å². The molecule has 1 aromatic rings. The van der Waals surface area contributed by atoms with Gasteiger partial charge in [0.25, 0.3) is 0 Å². The van der Waals surface area contributed by atoms with Gasteiger partial charge < -0.3 is 5.11 Å². The molecule has 12 heavy (non-hydrogen) atoms. The van der Waals surface area contributed by atoms with Crippen LogP contribution in [0.1, 0.15) is 37.4 Å². The molecule has 1 rings (SSSR count). The van der Waals surface area contributed by atoms with Gasteiger partial charge in [0.15, 0.2) is 0 Å². The van der Waals surface area contributed by atoms with Crippen LogP contribution in [0.2, 0.25) is 0 Å². The van der Waals surface area contributed by atoms with Crippen molar-refractivity contribution in [1.29, 1.82) is 0 Å². The van der Waals surface area contributed by atoms with Gasteiger partial charge in [0.1, 0.15) is 0 Å².